The van der Waals surface area contributed by atoms with E-state index in [9.17, 15) is 4.79 Å². The molecule has 2 aromatic carbocycles. The van der Waals surface area contributed by atoms with E-state index in [1.54, 1.807) is 12.3 Å². The molecule has 0 aliphatic rings. The van der Waals surface area contributed by atoms with Crippen LogP contribution in [0.3, 0.4) is 0 Å². The number of para-hydroxylation sites is 1. The molecule has 3 rings (SSSR count). The molecule has 0 bridgehead atoms. The Balaban J connectivity index is 1.79. The van der Waals surface area contributed by atoms with Crippen molar-refractivity contribution in [3.05, 3.63) is 66.4 Å². The number of carbonyl (C=O) groups excluding carboxylic acids is 1. The normalized spacial score (nSPS) is 10.5. The Morgan fingerprint density at radius 1 is 1.12 bits per heavy atom. The number of amides is 1. The summed E-state index contributed by atoms with van der Waals surface area (Å²) in [5, 5.41) is 3.78. The summed E-state index contributed by atoms with van der Waals surface area (Å²) in [6.45, 7) is 2.80. The molecule has 1 amide bonds. The fraction of sp³-hybridized carbons (Fsp3) is 0.200. The van der Waals surface area contributed by atoms with E-state index in [-0.39, 0.29) is 5.91 Å². The highest BCUT2D eigenvalue weighted by Gasteiger charge is 2.08. The van der Waals surface area contributed by atoms with Gasteiger partial charge in [-0.25, -0.2) is 0 Å². The number of hydrogen-bond acceptors (Lipinski definition) is 3. The molecule has 0 fully saturated rings. The number of aromatic nitrogens is 1. The fourth-order valence-corrected chi connectivity index (χ4v) is 2.39. The van der Waals surface area contributed by atoms with Crippen LogP contribution in [0.4, 0.5) is 5.69 Å². The van der Waals surface area contributed by atoms with E-state index >= 15 is 0 Å². The van der Waals surface area contributed by atoms with Gasteiger partial charge in [0.2, 0.25) is 0 Å². The number of anilines is 1. The minimum atomic E-state index is -0.139. The number of benzene rings is 2. The van der Waals surface area contributed by atoms with Gasteiger partial charge >= 0.3 is 0 Å². The number of rotatable bonds is 6. The predicted octanol–water partition coefficient (Wildman–Crippen LogP) is 4.67. The number of ether oxygens (including phenoxy) is 1. The van der Waals surface area contributed by atoms with Crippen molar-refractivity contribution in [1.82, 2.24) is 4.98 Å². The van der Waals surface area contributed by atoms with Crippen molar-refractivity contribution in [2.45, 2.75) is 19.8 Å². The molecule has 4 nitrogen and oxygen atoms in total. The molecule has 0 unspecified atom stereocenters. The lowest BCUT2D eigenvalue weighted by molar-refractivity contribution is 0.102. The Morgan fingerprint density at radius 2 is 1.96 bits per heavy atom. The largest absolute Gasteiger partial charge is 0.492 e. The van der Waals surface area contributed by atoms with Gasteiger partial charge in [-0.3, -0.25) is 9.78 Å². The number of fused-ring (bicyclic) bond motifs is 1. The smallest absolute Gasteiger partial charge is 0.255 e. The van der Waals surface area contributed by atoms with Crippen LogP contribution in [-0.2, 0) is 0 Å². The molecule has 0 aliphatic carbocycles. The number of unbranched alkanes of at least 4 members (excludes halogenated alkanes) is 1. The van der Waals surface area contributed by atoms with Crippen LogP contribution in [0, 0.1) is 0 Å². The molecule has 122 valence electrons. The summed E-state index contributed by atoms with van der Waals surface area (Å²) in [6, 6.07) is 16.8. The monoisotopic (exact) mass is 320 g/mol. The number of pyridine rings is 1. The summed E-state index contributed by atoms with van der Waals surface area (Å²) >= 11 is 0. The molecule has 1 aromatic heterocycles. The third kappa shape index (κ3) is 3.90. The molecule has 24 heavy (non-hydrogen) atoms. The second-order valence-electron chi connectivity index (χ2n) is 5.60. The second kappa shape index (κ2) is 7.59. The molecule has 0 saturated heterocycles. The lowest BCUT2D eigenvalue weighted by atomic mass is 10.1. The summed E-state index contributed by atoms with van der Waals surface area (Å²) in [7, 11) is 0. The number of nitrogens with zero attached hydrogens (tertiary/aromatic N) is 1. The fourth-order valence-electron chi connectivity index (χ4n) is 2.39. The molecule has 0 aliphatic heterocycles. The highest BCUT2D eigenvalue weighted by atomic mass is 16.5. The topological polar surface area (TPSA) is 51.2 Å². The third-order valence-electron chi connectivity index (χ3n) is 3.72. The standard InChI is InChI=1S/C20H20N2O2/c1-2-3-11-24-18-13-16-12-15(9-10-19(16)21-14-18)20(23)22-17-7-5-4-6-8-17/h4-10,12-14H,2-3,11H2,1H3,(H,22,23). The highest BCUT2D eigenvalue weighted by Crippen LogP contribution is 2.20. The first-order valence-corrected chi connectivity index (χ1v) is 8.15. The maximum Gasteiger partial charge on any atom is 0.255 e. The summed E-state index contributed by atoms with van der Waals surface area (Å²) in [5.41, 5.74) is 2.21. The zero-order valence-electron chi connectivity index (χ0n) is 13.7. The van der Waals surface area contributed by atoms with E-state index in [0.29, 0.717) is 12.2 Å². The van der Waals surface area contributed by atoms with Crippen molar-refractivity contribution >= 4 is 22.5 Å². The summed E-state index contributed by atoms with van der Waals surface area (Å²) < 4.78 is 5.69. The average Bonchev–Trinajstić information content (AvgIpc) is 2.62. The lowest BCUT2D eigenvalue weighted by Crippen LogP contribution is -2.11. The molecule has 0 spiro atoms. The van der Waals surface area contributed by atoms with Gasteiger partial charge in [0, 0.05) is 16.6 Å². The molecule has 1 heterocycles. The summed E-state index contributed by atoms with van der Waals surface area (Å²) in [5.74, 6) is 0.594. The van der Waals surface area contributed by atoms with E-state index in [1.807, 2.05) is 48.5 Å². The predicted molar refractivity (Wildman–Crippen MR) is 96.5 cm³/mol. The van der Waals surface area contributed by atoms with E-state index in [0.717, 1.165) is 35.2 Å². The molecule has 3 aromatic rings. The van der Waals surface area contributed by atoms with Crippen LogP contribution >= 0.6 is 0 Å². The molecule has 1 N–H and O–H groups in total. The van der Waals surface area contributed by atoms with Crippen LogP contribution in [0.5, 0.6) is 5.75 Å². The summed E-state index contributed by atoms with van der Waals surface area (Å²) in [6.07, 6.45) is 3.82. The summed E-state index contributed by atoms with van der Waals surface area (Å²) in [4.78, 5) is 16.8. The van der Waals surface area contributed by atoms with Gasteiger partial charge < -0.3 is 10.1 Å². The van der Waals surface area contributed by atoms with Crippen LogP contribution in [0.2, 0.25) is 0 Å². The van der Waals surface area contributed by atoms with Gasteiger partial charge in [-0.1, -0.05) is 31.5 Å². The van der Waals surface area contributed by atoms with E-state index in [4.69, 9.17) is 4.74 Å². The van der Waals surface area contributed by atoms with Gasteiger partial charge in [-0.15, -0.1) is 0 Å². The third-order valence-corrected chi connectivity index (χ3v) is 3.72. The zero-order chi connectivity index (χ0) is 16.8. The average molecular weight is 320 g/mol. The van der Waals surface area contributed by atoms with Crippen LogP contribution in [0.15, 0.2) is 60.8 Å². The molecule has 0 radical (unpaired) electrons. The van der Waals surface area contributed by atoms with Crippen molar-refractivity contribution in [2.75, 3.05) is 11.9 Å². The first kappa shape index (κ1) is 16.0. The molecule has 0 saturated carbocycles. The van der Waals surface area contributed by atoms with Crippen LogP contribution < -0.4 is 10.1 Å². The van der Waals surface area contributed by atoms with E-state index < -0.39 is 0 Å². The van der Waals surface area contributed by atoms with Gasteiger partial charge in [0.1, 0.15) is 5.75 Å². The number of nitrogens with one attached hydrogen (secondary N) is 1. The van der Waals surface area contributed by atoms with Gasteiger partial charge in [0.05, 0.1) is 18.3 Å². The van der Waals surface area contributed by atoms with Crippen molar-refractivity contribution in [3.63, 3.8) is 0 Å². The van der Waals surface area contributed by atoms with Gasteiger partial charge in [-0.2, -0.15) is 0 Å². The van der Waals surface area contributed by atoms with Crippen LogP contribution in [-0.4, -0.2) is 17.5 Å². The molecule has 0 atom stereocenters. The van der Waals surface area contributed by atoms with Gasteiger partial charge in [0.25, 0.3) is 5.91 Å². The molecular formula is C20H20N2O2. The van der Waals surface area contributed by atoms with Gasteiger partial charge in [0.15, 0.2) is 0 Å². The maximum absolute atomic E-state index is 12.4. The van der Waals surface area contributed by atoms with E-state index in [1.165, 1.54) is 0 Å². The van der Waals surface area contributed by atoms with Crippen molar-refractivity contribution in [3.8, 4) is 5.75 Å². The minimum absolute atomic E-state index is 0.139. The quantitative estimate of drug-likeness (QED) is 0.672. The maximum atomic E-state index is 12.4. The first-order valence-electron chi connectivity index (χ1n) is 8.15. The van der Waals surface area contributed by atoms with Crippen LogP contribution in [0.1, 0.15) is 30.1 Å². The van der Waals surface area contributed by atoms with Crippen molar-refractivity contribution in [2.24, 2.45) is 0 Å². The SMILES string of the molecule is CCCCOc1cnc2ccc(C(=O)Nc3ccccc3)cc2c1. The molecule has 4 heteroatoms. The first-order chi connectivity index (χ1) is 11.8. The number of hydrogen-bond donors (Lipinski definition) is 1. The van der Waals surface area contributed by atoms with Crippen molar-refractivity contribution < 1.29 is 9.53 Å². The van der Waals surface area contributed by atoms with E-state index in [2.05, 4.69) is 17.2 Å². The highest BCUT2D eigenvalue weighted by molar-refractivity contribution is 6.06. The minimum Gasteiger partial charge on any atom is -0.492 e. The Morgan fingerprint density at radius 3 is 2.75 bits per heavy atom. The lowest BCUT2D eigenvalue weighted by Gasteiger charge is -2.08. The van der Waals surface area contributed by atoms with Crippen molar-refractivity contribution in [1.29, 1.82) is 0 Å². The molecular weight excluding hydrogens is 300 g/mol. The zero-order valence-corrected chi connectivity index (χ0v) is 13.7. The van der Waals surface area contributed by atoms with Crippen LogP contribution in [0.25, 0.3) is 10.9 Å². The Bertz CT molecular complexity index is 831. The number of carbonyl (C=O) groups is 1. The second-order valence-corrected chi connectivity index (χ2v) is 5.60. The Labute approximate surface area is 141 Å². The Hall–Kier alpha value is -2.88. The van der Waals surface area contributed by atoms with Gasteiger partial charge in [-0.05, 0) is 42.8 Å². The Kier molecular flexibility index (Phi) is 5.06.